The first kappa shape index (κ1) is 16.6. The molecule has 0 aliphatic rings. The number of rotatable bonds is 3. The van der Waals surface area contributed by atoms with Crippen molar-refractivity contribution >= 4 is 72.3 Å². The number of aromatic nitrogens is 2. The second kappa shape index (κ2) is 6.13. The van der Waals surface area contributed by atoms with Gasteiger partial charge in [-0.1, -0.05) is 34.8 Å². The highest BCUT2D eigenvalue weighted by molar-refractivity contribution is 9.10. The Balaban J connectivity index is 2.51. The van der Waals surface area contributed by atoms with Crippen LogP contribution in [0.2, 0.25) is 15.2 Å². The van der Waals surface area contributed by atoms with E-state index in [9.17, 15) is 8.42 Å². The summed E-state index contributed by atoms with van der Waals surface area (Å²) < 4.78 is 27.1. The molecular formula is C10H6BrCl3N4O2S. The Labute approximate surface area is 143 Å². The summed E-state index contributed by atoms with van der Waals surface area (Å²) in [6.07, 6.45) is 1.08. The van der Waals surface area contributed by atoms with Gasteiger partial charge in [0.15, 0.2) is 11.0 Å². The van der Waals surface area contributed by atoms with E-state index in [1.54, 1.807) is 0 Å². The average molecular weight is 433 g/mol. The molecule has 2 rings (SSSR count). The third-order valence-electron chi connectivity index (χ3n) is 2.30. The van der Waals surface area contributed by atoms with Gasteiger partial charge in [-0.15, -0.1) is 0 Å². The smallest absolute Gasteiger partial charge is 0.264 e. The number of sulfonamides is 1. The largest absolute Gasteiger partial charge is 0.398 e. The average Bonchev–Trinajstić information content (AvgIpc) is 2.39. The number of nitrogens with zero attached hydrogens (tertiary/aromatic N) is 2. The van der Waals surface area contributed by atoms with Crippen LogP contribution in [0, 0.1) is 0 Å². The molecule has 0 bridgehead atoms. The minimum absolute atomic E-state index is 0.0750. The molecular weight excluding hydrogens is 426 g/mol. The Morgan fingerprint density at radius 2 is 1.86 bits per heavy atom. The predicted octanol–water partition coefficient (Wildman–Crippen LogP) is 3.58. The van der Waals surface area contributed by atoms with Crippen LogP contribution in [-0.4, -0.2) is 18.4 Å². The summed E-state index contributed by atoms with van der Waals surface area (Å²) in [7, 11) is -4.02. The molecule has 2 aromatic rings. The monoisotopic (exact) mass is 430 g/mol. The predicted molar refractivity (Wildman–Crippen MR) is 86.4 cm³/mol. The van der Waals surface area contributed by atoms with Crippen LogP contribution >= 0.6 is 50.7 Å². The van der Waals surface area contributed by atoms with E-state index in [1.165, 1.54) is 12.1 Å². The molecule has 1 heterocycles. The van der Waals surface area contributed by atoms with Crippen molar-refractivity contribution in [2.24, 2.45) is 0 Å². The van der Waals surface area contributed by atoms with Crippen LogP contribution < -0.4 is 10.5 Å². The van der Waals surface area contributed by atoms with Crippen molar-refractivity contribution in [1.29, 1.82) is 0 Å². The summed E-state index contributed by atoms with van der Waals surface area (Å²) in [5.74, 6) is -0.151. The number of anilines is 2. The van der Waals surface area contributed by atoms with E-state index in [0.29, 0.717) is 0 Å². The van der Waals surface area contributed by atoms with Gasteiger partial charge in [0.25, 0.3) is 10.0 Å². The molecule has 0 atom stereocenters. The van der Waals surface area contributed by atoms with Crippen molar-refractivity contribution in [2.45, 2.75) is 4.90 Å². The molecule has 6 nitrogen and oxygen atoms in total. The number of benzene rings is 1. The molecule has 0 amide bonds. The molecule has 0 saturated carbocycles. The van der Waals surface area contributed by atoms with Crippen molar-refractivity contribution in [1.82, 2.24) is 9.97 Å². The van der Waals surface area contributed by atoms with E-state index in [-0.39, 0.29) is 36.1 Å². The number of hydrogen-bond donors (Lipinski definition) is 2. The first-order valence-corrected chi connectivity index (χ1v) is 8.56. The number of nitrogen functional groups attached to an aromatic ring is 1. The van der Waals surface area contributed by atoms with Gasteiger partial charge in [0.2, 0.25) is 0 Å². The third kappa shape index (κ3) is 3.51. The number of nitrogens with two attached hydrogens (primary N) is 1. The lowest BCUT2D eigenvalue weighted by Gasteiger charge is -2.12. The van der Waals surface area contributed by atoms with E-state index < -0.39 is 10.0 Å². The fourth-order valence-electron chi connectivity index (χ4n) is 1.38. The lowest BCUT2D eigenvalue weighted by atomic mass is 10.3. The quantitative estimate of drug-likeness (QED) is 0.571. The van der Waals surface area contributed by atoms with Gasteiger partial charge in [-0.2, -0.15) is 0 Å². The summed E-state index contributed by atoms with van der Waals surface area (Å²) in [6.45, 7) is 0. The number of hydrogen-bond acceptors (Lipinski definition) is 5. The molecule has 0 aliphatic carbocycles. The van der Waals surface area contributed by atoms with Gasteiger partial charge in [-0.3, -0.25) is 4.72 Å². The molecule has 0 fully saturated rings. The summed E-state index contributed by atoms with van der Waals surface area (Å²) in [6, 6.07) is 2.65. The minimum Gasteiger partial charge on any atom is -0.398 e. The van der Waals surface area contributed by atoms with Crippen LogP contribution in [0.15, 0.2) is 27.8 Å². The molecule has 0 aliphatic heterocycles. The zero-order valence-corrected chi connectivity index (χ0v) is 14.6. The molecule has 0 unspecified atom stereocenters. The normalized spacial score (nSPS) is 11.4. The second-order valence-electron chi connectivity index (χ2n) is 3.74. The van der Waals surface area contributed by atoms with E-state index >= 15 is 0 Å². The molecule has 3 N–H and O–H groups in total. The topological polar surface area (TPSA) is 98.0 Å². The van der Waals surface area contributed by atoms with Gasteiger partial charge in [-0.25, -0.2) is 18.4 Å². The SMILES string of the molecule is Nc1cc(Cl)cc(S(=O)(=O)Nc2ncnc(Cl)c2Cl)c1Br. The van der Waals surface area contributed by atoms with Crippen LogP contribution in [0.4, 0.5) is 11.5 Å². The molecule has 1 aromatic carbocycles. The van der Waals surface area contributed by atoms with E-state index in [4.69, 9.17) is 40.5 Å². The Hall–Kier alpha value is -0.800. The Bertz CT molecular complexity index is 816. The summed E-state index contributed by atoms with van der Waals surface area (Å²) in [4.78, 5) is 7.20. The Morgan fingerprint density at radius 1 is 1.19 bits per heavy atom. The van der Waals surface area contributed by atoms with E-state index in [1.807, 2.05) is 0 Å². The highest BCUT2D eigenvalue weighted by Gasteiger charge is 2.22. The van der Waals surface area contributed by atoms with Crippen molar-refractivity contribution in [3.63, 3.8) is 0 Å². The van der Waals surface area contributed by atoms with Gasteiger partial charge in [0, 0.05) is 10.7 Å². The van der Waals surface area contributed by atoms with Crippen molar-refractivity contribution < 1.29 is 8.42 Å². The maximum atomic E-state index is 12.4. The fourth-order valence-corrected chi connectivity index (χ4v) is 4.03. The second-order valence-corrected chi connectivity index (χ2v) is 7.36. The molecule has 0 radical (unpaired) electrons. The maximum absolute atomic E-state index is 12.4. The first-order valence-electron chi connectivity index (χ1n) is 5.15. The Kier molecular flexibility index (Phi) is 4.84. The standard InChI is InChI=1S/C10H6BrCl3N4O2S/c11-7-5(15)1-4(12)2-6(7)21(19,20)18-10-8(13)9(14)16-3-17-10/h1-3H,15H2,(H,16,17,18). The van der Waals surface area contributed by atoms with Crippen molar-refractivity contribution in [3.05, 3.63) is 38.1 Å². The van der Waals surface area contributed by atoms with Crippen LogP contribution in [0.1, 0.15) is 0 Å². The highest BCUT2D eigenvalue weighted by Crippen LogP contribution is 2.34. The fraction of sp³-hybridized carbons (Fsp3) is 0. The van der Waals surface area contributed by atoms with Gasteiger partial charge in [0.05, 0.1) is 4.47 Å². The van der Waals surface area contributed by atoms with E-state index in [0.717, 1.165) is 6.33 Å². The van der Waals surface area contributed by atoms with Crippen molar-refractivity contribution in [3.8, 4) is 0 Å². The maximum Gasteiger partial charge on any atom is 0.264 e. The van der Waals surface area contributed by atoms with Gasteiger partial charge < -0.3 is 5.73 Å². The molecule has 0 spiro atoms. The first-order chi connectivity index (χ1) is 9.72. The van der Waals surface area contributed by atoms with Gasteiger partial charge in [0.1, 0.15) is 16.2 Å². The molecule has 1 aromatic heterocycles. The van der Waals surface area contributed by atoms with Crippen molar-refractivity contribution in [2.75, 3.05) is 10.5 Å². The number of nitrogens with one attached hydrogen (secondary N) is 1. The van der Waals surface area contributed by atoms with Gasteiger partial charge in [-0.05, 0) is 28.1 Å². The Morgan fingerprint density at radius 3 is 2.52 bits per heavy atom. The van der Waals surface area contributed by atoms with Crippen LogP contribution in [0.3, 0.4) is 0 Å². The lowest BCUT2D eigenvalue weighted by molar-refractivity contribution is 0.600. The lowest BCUT2D eigenvalue weighted by Crippen LogP contribution is -2.15. The third-order valence-corrected chi connectivity index (χ3v) is 5.77. The molecule has 11 heteroatoms. The van der Waals surface area contributed by atoms with Crippen LogP contribution in [0.25, 0.3) is 0 Å². The zero-order valence-electron chi connectivity index (χ0n) is 9.94. The number of halogens is 4. The van der Waals surface area contributed by atoms with Crippen LogP contribution in [0.5, 0.6) is 0 Å². The van der Waals surface area contributed by atoms with Crippen LogP contribution in [-0.2, 0) is 10.0 Å². The zero-order chi connectivity index (χ0) is 15.8. The summed E-state index contributed by atoms with van der Waals surface area (Å²) in [5.41, 5.74) is 5.84. The summed E-state index contributed by atoms with van der Waals surface area (Å²) >= 11 is 20.5. The van der Waals surface area contributed by atoms with Gasteiger partial charge >= 0.3 is 0 Å². The van der Waals surface area contributed by atoms with E-state index in [2.05, 4.69) is 30.6 Å². The summed E-state index contributed by atoms with van der Waals surface area (Å²) in [5, 5.41) is -0.0224. The molecule has 21 heavy (non-hydrogen) atoms. The highest BCUT2D eigenvalue weighted by atomic mass is 79.9. The minimum atomic E-state index is -4.02. The molecule has 0 saturated heterocycles. The molecule has 112 valence electrons.